The fourth-order valence-electron chi connectivity index (χ4n) is 1.77. The lowest BCUT2D eigenvalue weighted by Crippen LogP contribution is -2.14. The molecule has 5 heteroatoms. The van der Waals surface area contributed by atoms with E-state index in [4.69, 9.17) is 5.14 Å². The van der Waals surface area contributed by atoms with Gasteiger partial charge >= 0.3 is 0 Å². The summed E-state index contributed by atoms with van der Waals surface area (Å²) in [6.45, 7) is 2.65. The normalized spacial score (nSPS) is 15.0. The van der Waals surface area contributed by atoms with Crippen LogP contribution in [0.2, 0.25) is 0 Å². The van der Waals surface area contributed by atoms with Gasteiger partial charge in [-0.3, -0.25) is 0 Å². The van der Waals surface area contributed by atoms with Gasteiger partial charge in [0, 0.05) is 6.54 Å². The zero-order chi connectivity index (χ0) is 10.3. The van der Waals surface area contributed by atoms with Gasteiger partial charge in [-0.25, -0.2) is 13.6 Å². The van der Waals surface area contributed by atoms with Gasteiger partial charge in [0.1, 0.15) is 4.90 Å². The number of nitrogens with two attached hydrogens (primary N) is 1. The summed E-state index contributed by atoms with van der Waals surface area (Å²) in [5.41, 5.74) is 2.64. The molecule has 1 aromatic carbocycles. The molecule has 0 bridgehead atoms. The van der Waals surface area contributed by atoms with E-state index in [0.717, 1.165) is 24.1 Å². The molecule has 1 aromatic rings. The highest BCUT2D eigenvalue weighted by atomic mass is 32.2. The largest absolute Gasteiger partial charge is 0.383 e. The van der Waals surface area contributed by atoms with E-state index in [-0.39, 0.29) is 4.90 Å². The zero-order valence-electron chi connectivity index (χ0n) is 7.87. The molecule has 0 aromatic heterocycles. The van der Waals surface area contributed by atoms with Gasteiger partial charge in [-0.15, -0.1) is 0 Å². The molecule has 0 spiro atoms. The summed E-state index contributed by atoms with van der Waals surface area (Å²) in [7, 11) is -3.61. The van der Waals surface area contributed by atoms with E-state index in [1.165, 1.54) is 0 Å². The lowest BCUT2D eigenvalue weighted by atomic mass is 10.1. The van der Waals surface area contributed by atoms with Crippen LogP contribution in [0, 0.1) is 6.92 Å². The maximum Gasteiger partial charge on any atom is 0.240 e. The Labute approximate surface area is 83.2 Å². The van der Waals surface area contributed by atoms with Crippen LogP contribution in [-0.2, 0) is 16.4 Å². The molecule has 0 fully saturated rings. The molecule has 0 saturated heterocycles. The minimum absolute atomic E-state index is 0.213. The van der Waals surface area contributed by atoms with E-state index in [9.17, 15) is 8.42 Å². The first-order chi connectivity index (χ1) is 6.48. The average Bonchev–Trinajstić information content (AvgIpc) is 2.47. The molecule has 14 heavy (non-hydrogen) atoms. The highest BCUT2D eigenvalue weighted by Gasteiger charge is 2.21. The second kappa shape index (κ2) is 2.96. The average molecular weight is 212 g/mol. The quantitative estimate of drug-likeness (QED) is 0.716. The number of rotatable bonds is 1. The molecule has 4 nitrogen and oxygen atoms in total. The molecule has 0 aliphatic carbocycles. The van der Waals surface area contributed by atoms with E-state index in [1.54, 1.807) is 6.07 Å². The Balaban J connectivity index is 2.72. The van der Waals surface area contributed by atoms with Crippen molar-refractivity contribution in [2.45, 2.75) is 18.2 Å². The molecule has 0 radical (unpaired) electrons. The third-order valence-corrected chi connectivity index (χ3v) is 3.27. The lowest BCUT2D eigenvalue weighted by molar-refractivity contribution is 0.598. The fraction of sp³-hybridized carbons (Fsp3) is 0.333. The third-order valence-electron chi connectivity index (χ3n) is 2.33. The number of nitrogens with one attached hydrogen (secondary N) is 1. The van der Waals surface area contributed by atoms with Crippen molar-refractivity contribution in [3.05, 3.63) is 23.3 Å². The predicted molar refractivity (Wildman–Crippen MR) is 54.7 cm³/mol. The number of primary sulfonamides is 1. The topological polar surface area (TPSA) is 72.2 Å². The van der Waals surface area contributed by atoms with Crippen LogP contribution in [0.4, 0.5) is 5.69 Å². The number of anilines is 1. The van der Waals surface area contributed by atoms with Crippen LogP contribution in [0.25, 0.3) is 0 Å². The molecule has 0 saturated carbocycles. The Hall–Kier alpha value is -1.07. The lowest BCUT2D eigenvalue weighted by Gasteiger charge is -2.07. The van der Waals surface area contributed by atoms with Crippen molar-refractivity contribution in [2.24, 2.45) is 5.14 Å². The Morgan fingerprint density at radius 3 is 2.79 bits per heavy atom. The highest BCUT2D eigenvalue weighted by molar-refractivity contribution is 7.89. The second-order valence-corrected chi connectivity index (χ2v) is 5.05. The number of sulfonamides is 1. The maximum absolute atomic E-state index is 11.3. The van der Waals surface area contributed by atoms with E-state index < -0.39 is 10.0 Å². The van der Waals surface area contributed by atoms with E-state index >= 15 is 0 Å². The molecule has 1 heterocycles. The number of fused-ring (bicyclic) bond motifs is 1. The van der Waals surface area contributed by atoms with Gasteiger partial charge in [0.2, 0.25) is 10.0 Å². The van der Waals surface area contributed by atoms with Crippen LogP contribution in [-0.4, -0.2) is 15.0 Å². The summed E-state index contributed by atoms with van der Waals surface area (Å²) in [6.07, 6.45) is 0.861. The van der Waals surface area contributed by atoms with E-state index in [2.05, 4.69) is 5.32 Å². The monoisotopic (exact) mass is 212 g/mol. The molecule has 1 aliphatic heterocycles. The van der Waals surface area contributed by atoms with Gasteiger partial charge in [-0.2, -0.15) is 0 Å². The molecular formula is C9H12N2O2S. The van der Waals surface area contributed by atoms with Crippen molar-refractivity contribution in [1.82, 2.24) is 0 Å². The minimum atomic E-state index is -3.61. The molecule has 2 rings (SSSR count). The smallest absolute Gasteiger partial charge is 0.240 e. The Bertz CT molecular complexity index is 480. The maximum atomic E-state index is 11.3. The fourth-order valence-corrected chi connectivity index (χ4v) is 2.61. The Morgan fingerprint density at radius 1 is 1.43 bits per heavy atom. The summed E-state index contributed by atoms with van der Waals surface area (Å²) >= 11 is 0. The molecule has 3 N–H and O–H groups in total. The van der Waals surface area contributed by atoms with Crippen LogP contribution in [0.5, 0.6) is 0 Å². The van der Waals surface area contributed by atoms with Gasteiger partial charge in [-0.05, 0) is 30.5 Å². The molecule has 0 atom stereocenters. The van der Waals surface area contributed by atoms with Gasteiger partial charge in [0.15, 0.2) is 0 Å². The van der Waals surface area contributed by atoms with Crippen molar-refractivity contribution in [3.8, 4) is 0 Å². The summed E-state index contributed by atoms with van der Waals surface area (Å²) in [5, 5.41) is 8.17. The summed E-state index contributed by atoms with van der Waals surface area (Å²) in [5.74, 6) is 0. The summed E-state index contributed by atoms with van der Waals surface area (Å²) in [6, 6.07) is 3.59. The Morgan fingerprint density at radius 2 is 2.14 bits per heavy atom. The molecule has 1 aliphatic rings. The highest BCUT2D eigenvalue weighted by Crippen LogP contribution is 2.30. The van der Waals surface area contributed by atoms with Crippen LogP contribution in [0.15, 0.2) is 17.0 Å². The molecule has 76 valence electrons. The summed E-state index contributed by atoms with van der Waals surface area (Å²) in [4.78, 5) is 0.213. The first kappa shape index (κ1) is 9.48. The van der Waals surface area contributed by atoms with Crippen molar-refractivity contribution in [2.75, 3.05) is 11.9 Å². The van der Waals surface area contributed by atoms with Crippen LogP contribution < -0.4 is 10.5 Å². The molecule has 0 amide bonds. The van der Waals surface area contributed by atoms with E-state index in [0.29, 0.717) is 5.69 Å². The van der Waals surface area contributed by atoms with Crippen molar-refractivity contribution in [3.63, 3.8) is 0 Å². The van der Waals surface area contributed by atoms with Crippen LogP contribution in [0.1, 0.15) is 11.1 Å². The third kappa shape index (κ3) is 1.49. The van der Waals surface area contributed by atoms with Crippen molar-refractivity contribution < 1.29 is 8.42 Å². The molecule has 0 unspecified atom stereocenters. The number of aryl methyl sites for hydroxylation is 1. The Kier molecular flexibility index (Phi) is 2.01. The van der Waals surface area contributed by atoms with Gasteiger partial charge in [0.05, 0.1) is 5.69 Å². The second-order valence-electron chi connectivity index (χ2n) is 3.52. The zero-order valence-corrected chi connectivity index (χ0v) is 8.69. The minimum Gasteiger partial charge on any atom is -0.383 e. The standard InChI is InChI=1S/C9H12N2O2S/c1-6-4-7-2-3-11-9(7)8(5-6)14(10,12)13/h4-5,11H,2-3H2,1H3,(H2,10,12,13). The predicted octanol–water partition coefficient (Wildman–Crippen LogP) is 0.610. The van der Waals surface area contributed by atoms with Gasteiger partial charge in [-0.1, -0.05) is 6.07 Å². The first-order valence-electron chi connectivity index (χ1n) is 4.38. The van der Waals surface area contributed by atoms with Crippen molar-refractivity contribution >= 4 is 15.7 Å². The number of benzene rings is 1. The summed E-state index contributed by atoms with van der Waals surface area (Å²) < 4.78 is 22.6. The SMILES string of the molecule is Cc1cc2c(c(S(N)(=O)=O)c1)NCC2. The van der Waals surface area contributed by atoms with Gasteiger partial charge in [0.25, 0.3) is 0 Å². The first-order valence-corrected chi connectivity index (χ1v) is 5.93. The van der Waals surface area contributed by atoms with Gasteiger partial charge < -0.3 is 5.32 Å². The van der Waals surface area contributed by atoms with Crippen LogP contribution in [0.3, 0.4) is 0 Å². The number of hydrogen-bond acceptors (Lipinski definition) is 3. The van der Waals surface area contributed by atoms with Crippen LogP contribution >= 0.6 is 0 Å². The molecular weight excluding hydrogens is 200 g/mol. The van der Waals surface area contributed by atoms with Crippen molar-refractivity contribution in [1.29, 1.82) is 0 Å². The number of hydrogen-bond donors (Lipinski definition) is 2. The van der Waals surface area contributed by atoms with E-state index in [1.807, 2.05) is 13.0 Å².